The lowest BCUT2D eigenvalue weighted by atomic mass is 9.92. The van der Waals surface area contributed by atoms with Crippen LogP contribution < -0.4 is 16.0 Å². The van der Waals surface area contributed by atoms with Crippen molar-refractivity contribution in [2.75, 3.05) is 18.4 Å². The summed E-state index contributed by atoms with van der Waals surface area (Å²) in [4.78, 5) is 24.4. The smallest absolute Gasteiger partial charge is 0.224 e. The molecular weight excluding hydrogens is 398 g/mol. The van der Waals surface area contributed by atoms with Gasteiger partial charge >= 0.3 is 0 Å². The quantitative estimate of drug-likeness (QED) is 0.649. The average molecular weight is 430 g/mol. The molecule has 1 aliphatic heterocycles. The van der Waals surface area contributed by atoms with E-state index in [0.717, 1.165) is 24.2 Å². The molecular formula is C24H32ClN3O2. The number of nitrogens with one attached hydrogen (secondary N) is 3. The standard InChI is InChI=1S/C24H31N3O2.ClH/c1-24(2,3)15-23(29)27-19-10-8-17(9-11-19)14-22(28)26-16-21-20-7-5-4-6-18(20)12-13-25-21;/h4-11,21,25H,12-16H2,1-3H3,(H,26,28)(H,27,29);1H. The topological polar surface area (TPSA) is 70.2 Å². The van der Waals surface area contributed by atoms with Crippen molar-refractivity contribution in [1.29, 1.82) is 0 Å². The second-order valence-corrected chi connectivity index (χ2v) is 8.92. The molecule has 3 rings (SSSR count). The van der Waals surface area contributed by atoms with E-state index < -0.39 is 0 Å². The first-order valence-electron chi connectivity index (χ1n) is 10.3. The number of hydrogen-bond donors (Lipinski definition) is 3. The summed E-state index contributed by atoms with van der Waals surface area (Å²) in [6, 6.07) is 16.0. The molecule has 0 aliphatic carbocycles. The molecule has 30 heavy (non-hydrogen) atoms. The van der Waals surface area contributed by atoms with E-state index in [1.54, 1.807) is 0 Å². The highest BCUT2D eigenvalue weighted by Crippen LogP contribution is 2.22. The first kappa shape index (κ1) is 23.9. The Morgan fingerprint density at radius 3 is 2.43 bits per heavy atom. The third-order valence-electron chi connectivity index (χ3n) is 5.01. The van der Waals surface area contributed by atoms with Crippen LogP contribution >= 0.6 is 12.4 Å². The Balaban J connectivity index is 0.00000320. The minimum Gasteiger partial charge on any atom is -0.354 e. The van der Waals surface area contributed by atoms with Crippen LogP contribution in [0.2, 0.25) is 0 Å². The van der Waals surface area contributed by atoms with E-state index in [0.29, 0.717) is 19.4 Å². The van der Waals surface area contributed by atoms with Crippen LogP contribution in [0.1, 0.15) is 49.9 Å². The van der Waals surface area contributed by atoms with Gasteiger partial charge in [-0.05, 0) is 47.2 Å². The van der Waals surface area contributed by atoms with Crippen LogP contribution in [0.5, 0.6) is 0 Å². The Hall–Kier alpha value is -2.37. The van der Waals surface area contributed by atoms with Gasteiger partial charge in [-0.3, -0.25) is 9.59 Å². The lowest BCUT2D eigenvalue weighted by Gasteiger charge is -2.27. The first-order chi connectivity index (χ1) is 13.8. The molecule has 2 amide bonds. The van der Waals surface area contributed by atoms with Gasteiger partial charge in [0.2, 0.25) is 11.8 Å². The fourth-order valence-corrected chi connectivity index (χ4v) is 3.63. The minimum atomic E-state index is -0.0458. The predicted molar refractivity (Wildman–Crippen MR) is 124 cm³/mol. The molecule has 5 nitrogen and oxygen atoms in total. The van der Waals surface area contributed by atoms with Crippen LogP contribution in [0.3, 0.4) is 0 Å². The maximum Gasteiger partial charge on any atom is 0.224 e. The monoisotopic (exact) mass is 429 g/mol. The number of halogens is 1. The van der Waals surface area contributed by atoms with E-state index in [9.17, 15) is 9.59 Å². The van der Waals surface area contributed by atoms with Crippen molar-refractivity contribution in [3.05, 3.63) is 65.2 Å². The highest BCUT2D eigenvalue weighted by Gasteiger charge is 2.19. The van der Waals surface area contributed by atoms with Gasteiger partial charge in [0.15, 0.2) is 0 Å². The summed E-state index contributed by atoms with van der Waals surface area (Å²) in [6.07, 6.45) is 1.82. The third-order valence-corrected chi connectivity index (χ3v) is 5.01. The molecule has 1 unspecified atom stereocenters. The van der Waals surface area contributed by atoms with E-state index in [2.05, 4.69) is 34.1 Å². The fraction of sp³-hybridized carbons (Fsp3) is 0.417. The van der Waals surface area contributed by atoms with E-state index in [4.69, 9.17) is 0 Å². The van der Waals surface area contributed by atoms with Crippen LogP contribution in [-0.4, -0.2) is 24.9 Å². The van der Waals surface area contributed by atoms with Gasteiger partial charge in [-0.25, -0.2) is 0 Å². The van der Waals surface area contributed by atoms with Crippen molar-refractivity contribution in [1.82, 2.24) is 10.6 Å². The molecule has 162 valence electrons. The summed E-state index contributed by atoms with van der Waals surface area (Å²) in [5, 5.41) is 9.43. The summed E-state index contributed by atoms with van der Waals surface area (Å²) in [5.41, 5.74) is 4.26. The highest BCUT2D eigenvalue weighted by molar-refractivity contribution is 5.91. The molecule has 2 aromatic carbocycles. The molecule has 0 radical (unpaired) electrons. The number of benzene rings is 2. The van der Waals surface area contributed by atoms with Crippen molar-refractivity contribution in [3.63, 3.8) is 0 Å². The van der Waals surface area contributed by atoms with Gasteiger partial charge in [0.1, 0.15) is 0 Å². The number of carbonyl (C=O) groups excluding carboxylic acids is 2. The third kappa shape index (κ3) is 7.15. The maximum absolute atomic E-state index is 12.4. The average Bonchev–Trinajstić information content (AvgIpc) is 2.66. The van der Waals surface area contributed by atoms with E-state index in [1.807, 2.05) is 51.1 Å². The van der Waals surface area contributed by atoms with Crippen LogP contribution in [0.15, 0.2) is 48.5 Å². The lowest BCUT2D eigenvalue weighted by Crippen LogP contribution is -2.39. The molecule has 0 bridgehead atoms. The van der Waals surface area contributed by atoms with Crippen molar-refractivity contribution >= 4 is 29.9 Å². The van der Waals surface area contributed by atoms with Gasteiger partial charge in [0.25, 0.3) is 0 Å². The Bertz CT molecular complexity index is 859. The maximum atomic E-state index is 12.4. The van der Waals surface area contributed by atoms with E-state index >= 15 is 0 Å². The van der Waals surface area contributed by atoms with E-state index in [1.165, 1.54) is 11.1 Å². The molecule has 1 atom stereocenters. The lowest BCUT2D eigenvalue weighted by molar-refractivity contribution is -0.120. The fourth-order valence-electron chi connectivity index (χ4n) is 3.63. The van der Waals surface area contributed by atoms with Crippen LogP contribution in [-0.2, 0) is 22.4 Å². The summed E-state index contributed by atoms with van der Waals surface area (Å²) < 4.78 is 0. The van der Waals surface area contributed by atoms with Crippen LogP contribution in [0.25, 0.3) is 0 Å². The second kappa shape index (κ2) is 10.6. The van der Waals surface area contributed by atoms with Gasteiger partial charge in [-0.15, -0.1) is 12.4 Å². The second-order valence-electron chi connectivity index (χ2n) is 8.92. The van der Waals surface area contributed by atoms with Gasteiger partial charge in [0.05, 0.1) is 6.42 Å². The summed E-state index contributed by atoms with van der Waals surface area (Å²) in [7, 11) is 0. The Kier molecular flexibility index (Phi) is 8.44. The van der Waals surface area contributed by atoms with Crippen LogP contribution in [0, 0.1) is 5.41 Å². The molecule has 2 aromatic rings. The molecule has 0 saturated carbocycles. The van der Waals surface area contributed by atoms with Gasteiger partial charge < -0.3 is 16.0 Å². The molecule has 3 N–H and O–H groups in total. The number of amides is 2. The molecule has 0 saturated heterocycles. The van der Waals surface area contributed by atoms with Crippen molar-refractivity contribution in [2.24, 2.45) is 5.41 Å². The number of anilines is 1. The molecule has 1 aliphatic rings. The molecule has 0 spiro atoms. The number of fused-ring (bicyclic) bond motifs is 1. The minimum absolute atomic E-state index is 0. The summed E-state index contributed by atoms with van der Waals surface area (Å²) in [6.45, 7) is 7.62. The number of hydrogen-bond acceptors (Lipinski definition) is 3. The molecule has 1 heterocycles. The normalized spacial score (nSPS) is 15.5. The van der Waals surface area contributed by atoms with E-state index in [-0.39, 0.29) is 35.7 Å². The Morgan fingerprint density at radius 1 is 1.03 bits per heavy atom. The molecule has 0 fully saturated rings. The van der Waals surface area contributed by atoms with Gasteiger partial charge in [0, 0.05) is 24.7 Å². The van der Waals surface area contributed by atoms with Crippen molar-refractivity contribution < 1.29 is 9.59 Å². The van der Waals surface area contributed by atoms with Gasteiger partial charge in [-0.1, -0.05) is 57.2 Å². The highest BCUT2D eigenvalue weighted by atomic mass is 35.5. The zero-order valence-electron chi connectivity index (χ0n) is 18.0. The SMILES string of the molecule is CC(C)(C)CC(=O)Nc1ccc(CC(=O)NCC2NCCc3ccccc32)cc1.Cl. The van der Waals surface area contributed by atoms with Crippen molar-refractivity contribution in [3.8, 4) is 0 Å². The predicted octanol–water partition coefficient (Wildman–Crippen LogP) is 4.03. The molecule has 0 aromatic heterocycles. The molecule has 6 heteroatoms. The Morgan fingerprint density at radius 2 is 1.73 bits per heavy atom. The Labute approximate surface area is 185 Å². The first-order valence-corrected chi connectivity index (χ1v) is 10.3. The number of carbonyl (C=O) groups is 2. The zero-order valence-corrected chi connectivity index (χ0v) is 18.8. The zero-order chi connectivity index (χ0) is 20.9. The van der Waals surface area contributed by atoms with Gasteiger partial charge in [-0.2, -0.15) is 0 Å². The summed E-state index contributed by atoms with van der Waals surface area (Å²) >= 11 is 0. The summed E-state index contributed by atoms with van der Waals surface area (Å²) in [5.74, 6) is 0.00243. The van der Waals surface area contributed by atoms with Crippen LogP contribution in [0.4, 0.5) is 5.69 Å². The number of rotatable bonds is 6. The largest absolute Gasteiger partial charge is 0.354 e. The van der Waals surface area contributed by atoms with Crippen molar-refractivity contribution in [2.45, 2.75) is 46.1 Å².